The van der Waals surface area contributed by atoms with Gasteiger partial charge in [0.1, 0.15) is 0 Å². The molecule has 0 aliphatic carbocycles. The monoisotopic (exact) mass is 251 g/mol. The predicted octanol–water partition coefficient (Wildman–Crippen LogP) is 2.40. The SMILES string of the molecule is Cc1ccn(Cc2ncccc2Br)n1. The van der Waals surface area contributed by atoms with E-state index in [-0.39, 0.29) is 0 Å². The van der Waals surface area contributed by atoms with Gasteiger partial charge in [0.05, 0.1) is 17.9 Å². The third-order valence-corrected chi connectivity index (χ3v) is 2.64. The molecule has 2 rings (SSSR count). The quantitative estimate of drug-likeness (QED) is 0.821. The fraction of sp³-hybridized carbons (Fsp3) is 0.200. The zero-order valence-corrected chi connectivity index (χ0v) is 9.40. The maximum absolute atomic E-state index is 4.30. The van der Waals surface area contributed by atoms with Crippen LogP contribution in [0.15, 0.2) is 35.1 Å². The summed E-state index contributed by atoms with van der Waals surface area (Å²) in [6, 6.07) is 5.87. The van der Waals surface area contributed by atoms with E-state index < -0.39 is 0 Å². The number of rotatable bonds is 2. The van der Waals surface area contributed by atoms with Gasteiger partial charge in [-0.15, -0.1) is 0 Å². The highest BCUT2D eigenvalue weighted by Gasteiger charge is 2.01. The molecular weight excluding hydrogens is 242 g/mol. The first-order valence-corrected chi connectivity index (χ1v) is 5.14. The van der Waals surface area contributed by atoms with Gasteiger partial charge in [-0.05, 0) is 41.1 Å². The molecule has 2 aromatic rings. The van der Waals surface area contributed by atoms with E-state index in [1.54, 1.807) is 6.20 Å². The first-order chi connectivity index (χ1) is 6.75. The van der Waals surface area contributed by atoms with Gasteiger partial charge in [0, 0.05) is 16.9 Å². The lowest BCUT2D eigenvalue weighted by molar-refractivity contribution is 0.664. The molecule has 0 unspecified atom stereocenters. The van der Waals surface area contributed by atoms with Crippen molar-refractivity contribution in [3.05, 3.63) is 46.5 Å². The molecule has 0 aliphatic rings. The van der Waals surface area contributed by atoms with Gasteiger partial charge in [-0.3, -0.25) is 9.67 Å². The molecule has 0 fully saturated rings. The Kier molecular flexibility index (Phi) is 2.63. The number of pyridine rings is 1. The van der Waals surface area contributed by atoms with Crippen LogP contribution in [-0.4, -0.2) is 14.8 Å². The summed E-state index contributed by atoms with van der Waals surface area (Å²) in [5, 5.41) is 4.30. The smallest absolute Gasteiger partial charge is 0.0842 e. The summed E-state index contributed by atoms with van der Waals surface area (Å²) in [7, 11) is 0. The summed E-state index contributed by atoms with van der Waals surface area (Å²) in [4.78, 5) is 4.28. The van der Waals surface area contributed by atoms with Gasteiger partial charge >= 0.3 is 0 Å². The van der Waals surface area contributed by atoms with Crippen LogP contribution in [0, 0.1) is 6.92 Å². The topological polar surface area (TPSA) is 30.7 Å². The molecule has 0 aliphatic heterocycles. The molecule has 0 aromatic carbocycles. The minimum absolute atomic E-state index is 0.704. The van der Waals surface area contributed by atoms with Gasteiger partial charge < -0.3 is 0 Å². The fourth-order valence-corrected chi connectivity index (χ4v) is 1.62. The van der Waals surface area contributed by atoms with E-state index in [4.69, 9.17) is 0 Å². The van der Waals surface area contributed by atoms with Crippen LogP contribution in [0.3, 0.4) is 0 Å². The van der Waals surface area contributed by atoms with Crippen molar-refractivity contribution in [2.45, 2.75) is 13.5 Å². The minimum Gasteiger partial charge on any atom is -0.266 e. The van der Waals surface area contributed by atoms with E-state index >= 15 is 0 Å². The Hall–Kier alpha value is -1.16. The highest BCUT2D eigenvalue weighted by Crippen LogP contribution is 2.14. The number of halogens is 1. The van der Waals surface area contributed by atoms with Crippen molar-refractivity contribution in [2.75, 3.05) is 0 Å². The highest BCUT2D eigenvalue weighted by molar-refractivity contribution is 9.10. The molecule has 0 saturated carbocycles. The Morgan fingerprint density at radius 3 is 2.93 bits per heavy atom. The number of nitrogens with zero attached hydrogens (tertiary/aromatic N) is 3. The van der Waals surface area contributed by atoms with Gasteiger partial charge in [-0.25, -0.2) is 0 Å². The fourth-order valence-electron chi connectivity index (χ4n) is 1.24. The standard InChI is InChI=1S/C10H10BrN3/c1-8-4-6-14(13-8)7-10-9(11)3-2-5-12-10/h2-6H,7H2,1H3. The summed E-state index contributed by atoms with van der Waals surface area (Å²) in [6.07, 6.45) is 3.74. The van der Waals surface area contributed by atoms with Crippen molar-refractivity contribution in [2.24, 2.45) is 0 Å². The van der Waals surface area contributed by atoms with Crippen LogP contribution in [0.5, 0.6) is 0 Å². The summed E-state index contributed by atoms with van der Waals surface area (Å²) in [6.45, 7) is 2.68. The molecule has 72 valence electrons. The molecule has 3 nitrogen and oxygen atoms in total. The van der Waals surface area contributed by atoms with Gasteiger partial charge in [0.25, 0.3) is 0 Å². The second kappa shape index (κ2) is 3.92. The van der Waals surface area contributed by atoms with E-state index in [0.717, 1.165) is 15.9 Å². The van der Waals surface area contributed by atoms with Crippen LogP contribution in [0.2, 0.25) is 0 Å². The number of aryl methyl sites for hydroxylation is 1. The van der Waals surface area contributed by atoms with E-state index in [0.29, 0.717) is 6.54 Å². The number of hydrogen-bond acceptors (Lipinski definition) is 2. The average molecular weight is 252 g/mol. The maximum Gasteiger partial charge on any atom is 0.0842 e. The number of hydrogen-bond donors (Lipinski definition) is 0. The van der Waals surface area contributed by atoms with Crippen LogP contribution in [-0.2, 0) is 6.54 Å². The van der Waals surface area contributed by atoms with Crippen molar-refractivity contribution < 1.29 is 0 Å². The molecule has 0 amide bonds. The molecule has 0 bridgehead atoms. The summed E-state index contributed by atoms with van der Waals surface area (Å²) < 4.78 is 2.90. The first-order valence-electron chi connectivity index (χ1n) is 4.35. The van der Waals surface area contributed by atoms with Crippen molar-refractivity contribution in [1.29, 1.82) is 0 Å². The van der Waals surface area contributed by atoms with E-state index in [2.05, 4.69) is 26.0 Å². The zero-order chi connectivity index (χ0) is 9.97. The Balaban J connectivity index is 2.23. The van der Waals surface area contributed by atoms with Crippen LogP contribution >= 0.6 is 15.9 Å². The molecular formula is C10H10BrN3. The Bertz CT molecular complexity index is 436. The zero-order valence-electron chi connectivity index (χ0n) is 7.81. The average Bonchev–Trinajstić information content (AvgIpc) is 2.56. The third kappa shape index (κ3) is 2.01. The maximum atomic E-state index is 4.30. The van der Waals surface area contributed by atoms with Gasteiger partial charge in [-0.2, -0.15) is 5.10 Å². The highest BCUT2D eigenvalue weighted by atomic mass is 79.9. The van der Waals surface area contributed by atoms with Crippen molar-refractivity contribution in [3.63, 3.8) is 0 Å². The number of aromatic nitrogens is 3. The molecule has 0 N–H and O–H groups in total. The molecule has 0 atom stereocenters. The molecule has 4 heteroatoms. The summed E-state index contributed by atoms with van der Waals surface area (Å²) in [5.41, 5.74) is 2.02. The van der Waals surface area contributed by atoms with Crippen LogP contribution in [0.1, 0.15) is 11.4 Å². The lowest BCUT2D eigenvalue weighted by Crippen LogP contribution is -2.03. The molecule has 0 spiro atoms. The van der Waals surface area contributed by atoms with Gasteiger partial charge in [-0.1, -0.05) is 0 Å². The molecule has 2 aromatic heterocycles. The van der Waals surface area contributed by atoms with Crippen molar-refractivity contribution in [3.8, 4) is 0 Å². The predicted molar refractivity (Wildman–Crippen MR) is 58.0 cm³/mol. The molecule has 2 heterocycles. The lowest BCUT2D eigenvalue weighted by atomic mass is 10.3. The van der Waals surface area contributed by atoms with Crippen molar-refractivity contribution in [1.82, 2.24) is 14.8 Å². The lowest BCUT2D eigenvalue weighted by Gasteiger charge is -2.02. The second-order valence-electron chi connectivity index (χ2n) is 3.09. The Labute approximate surface area is 90.9 Å². The van der Waals surface area contributed by atoms with E-state index in [1.165, 1.54) is 0 Å². The van der Waals surface area contributed by atoms with E-state index in [9.17, 15) is 0 Å². The summed E-state index contributed by atoms with van der Waals surface area (Å²) >= 11 is 3.46. The molecule has 0 saturated heterocycles. The molecule has 14 heavy (non-hydrogen) atoms. The third-order valence-electron chi connectivity index (χ3n) is 1.92. The summed E-state index contributed by atoms with van der Waals surface area (Å²) in [5.74, 6) is 0. The minimum atomic E-state index is 0.704. The second-order valence-corrected chi connectivity index (χ2v) is 3.94. The van der Waals surface area contributed by atoms with Crippen LogP contribution in [0.4, 0.5) is 0 Å². The van der Waals surface area contributed by atoms with Gasteiger partial charge in [0.2, 0.25) is 0 Å². The van der Waals surface area contributed by atoms with E-state index in [1.807, 2.05) is 36.0 Å². The Morgan fingerprint density at radius 2 is 2.29 bits per heavy atom. The first kappa shape index (κ1) is 9.40. The van der Waals surface area contributed by atoms with Gasteiger partial charge in [0.15, 0.2) is 0 Å². The van der Waals surface area contributed by atoms with Crippen LogP contribution < -0.4 is 0 Å². The normalized spacial score (nSPS) is 10.4. The largest absolute Gasteiger partial charge is 0.266 e. The molecule has 0 radical (unpaired) electrons. The van der Waals surface area contributed by atoms with Crippen molar-refractivity contribution >= 4 is 15.9 Å². The Morgan fingerprint density at radius 1 is 1.43 bits per heavy atom. The van der Waals surface area contributed by atoms with Crippen LogP contribution in [0.25, 0.3) is 0 Å².